The number of alkyl halides is 1. The zero-order valence-electron chi connectivity index (χ0n) is 7.31. The van der Waals surface area contributed by atoms with Crippen molar-refractivity contribution in [1.82, 2.24) is 0 Å². The van der Waals surface area contributed by atoms with Crippen LogP contribution in [0.3, 0.4) is 0 Å². The van der Waals surface area contributed by atoms with Gasteiger partial charge in [-0.15, -0.1) is 0 Å². The van der Waals surface area contributed by atoms with Crippen LogP contribution in [0.15, 0.2) is 16.6 Å². The van der Waals surface area contributed by atoms with Gasteiger partial charge in [0.25, 0.3) is 0 Å². The first kappa shape index (κ1) is 12.0. The van der Waals surface area contributed by atoms with Crippen LogP contribution in [0.1, 0.15) is 10.4 Å². The molecule has 0 aliphatic rings. The van der Waals surface area contributed by atoms with Crippen LogP contribution < -0.4 is 4.74 Å². The number of carbonyl (C=O) groups is 1. The van der Waals surface area contributed by atoms with E-state index in [1.54, 1.807) is 12.1 Å². The molecule has 0 aromatic heterocycles. The molecule has 1 rings (SSSR count). The van der Waals surface area contributed by atoms with Crippen molar-refractivity contribution >= 4 is 49.2 Å². The molecule has 0 aliphatic carbocycles. The first-order chi connectivity index (χ1) is 6.61. The average molecular weight is 342 g/mol. The van der Waals surface area contributed by atoms with E-state index in [4.69, 9.17) is 16.3 Å². The minimum absolute atomic E-state index is 0.0265. The van der Waals surface area contributed by atoms with Crippen LogP contribution in [0.2, 0.25) is 5.02 Å². The summed E-state index contributed by atoms with van der Waals surface area (Å²) in [5.74, 6) is 0.520. The summed E-state index contributed by atoms with van der Waals surface area (Å²) in [5, 5.41) is 0.688. The van der Waals surface area contributed by atoms with Gasteiger partial charge in [-0.2, -0.15) is 0 Å². The van der Waals surface area contributed by atoms with Crippen molar-refractivity contribution in [3.63, 3.8) is 0 Å². The summed E-state index contributed by atoms with van der Waals surface area (Å²) in [5.41, 5.74) is 0.549. The van der Waals surface area contributed by atoms with E-state index in [0.717, 1.165) is 0 Å². The number of methoxy groups -OCH3 is 1. The fourth-order valence-corrected chi connectivity index (χ4v) is 2.07. The second-order valence-corrected chi connectivity index (χ2v) is 4.23. The highest BCUT2D eigenvalue weighted by molar-refractivity contribution is 9.10. The van der Waals surface area contributed by atoms with Gasteiger partial charge in [-0.05, 0) is 28.1 Å². The summed E-state index contributed by atoms with van der Waals surface area (Å²) in [6.45, 7) is 0. The number of halogens is 3. The molecule has 0 fully saturated rings. The van der Waals surface area contributed by atoms with Crippen molar-refractivity contribution in [2.24, 2.45) is 0 Å². The maximum absolute atomic E-state index is 11.4. The van der Waals surface area contributed by atoms with Gasteiger partial charge in [0, 0.05) is 5.56 Å². The first-order valence-corrected chi connectivity index (χ1v) is 6.02. The molecule has 0 saturated carbocycles. The molecule has 14 heavy (non-hydrogen) atoms. The monoisotopic (exact) mass is 340 g/mol. The smallest absolute Gasteiger partial charge is 0.174 e. The van der Waals surface area contributed by atoms with Crippen molar-refractivity contribution in [1.29, 1.82) is 0 Å². The Morgan fingerprint density at radius 1 is 1.57 bits per heavy atom. The second-order valence-electron chi connectivity index (χ2n) is 2.50. The van der Waals surface area contributed by atoms with Gasteiger partial charge in [0.1, 0.15) is 5.75 Å². The largest absolute Gasteiger partial charge is 0.495 e. The summed E-state index contributed by atoms with van der Waals surface area (Å²) < 4.78 is 5.58. The van der Waals surface area contributed by atoms with Gasteiger partial charge in [0.15, 0.2) is 5.78 Å². The highest BCUT2D eigenvalue weighted by Gasteiger charge is 2.14. The molecular weight excluding hydrogens is 335 g/mol. The van der Waals surface area contributed by atoms with E-state index in [9.17, 15) is 4.79 Å². The van der Waals surface area contributed by atoms with E-state index in [0.29, 0.717) is 20.8 Å². The summed E-state index contributed by atoms with van der Waals surface area (Å²) in [7, 11) is 1.53. The van der Waals surface area contributed by atoms with E-state index >= 15 is 0 Å². The maximum atomic E-state index is 11.4. The van der Waals surface area contributed by atoms with Gasteiger partial charge in [-0.1, -0.05) is 27.5 Å². The number of rotatable bonds is 3. The summed E-state index contributed by atoms with van der Waals surface area (Å²) in [6, 6.07) is 3.35. The zero-order chi connectivity index (χ0) is 10.7. The highest BCUT2D eigenvalue weighted by Crippen LogP contribution is 2.35. The third kappa shape index (κ3) is 2.30. The molecule has 76 valence electrons. The number of hydrogen-bond donors (Lipinski definition) is 0. The lowest BCUT2D eigenvalue weighted by Crippen LogP contribution is -2.01. The predicted molar refractivity (Wildman–Crippen MR) is 63.8 cm³/mol. The molecule has 0 heterocycles. The molecule has 1 aromatic rings. The quantitative estimate of drug-likeness (QED) is 0.619. The number of ether oxygens (including phenoxy) is 1. The SMILES string of the molecule is COc1ccc(C(=O)CBr)c(Br)c1Cl. The molecule has 0 bridgehead atoms. The topological polar surface area (TPSA) is 26.3 Å². The lowest BCUT2D eigenvalue weighted by atomic mass is 10.1. The number of carbonyl (C=O) groups excluding carboxylic acids is 1. The molecule has 0 radical (unpaired) electrons. The molecule has 0 aliphatic heterocycles. The van der Waals surface area contributed by atoms with Crippen molar-refractivity contribution in [3.05, 3.63) is 27.2 Å². The van der Waals surface area contributed by atoms with Crippen LogP contribution in [0.4, 0.5) is 0 Å². The van der Waals surface area contributed by atoms with Gasteiger partial charge in [0.05, 0.1) is 21.9 Å². The lowest BCUT2D eigenvalue weighted by molar-refractivity contribution is 0.102. The van der Waals surface area contributed by atoms with Crippen molar-refractivity contribution < 1.29 is 9.53 Å². The van der Waals surface area contributed by atoms with Gasteiger partial charge in [-0.25, -0.2) is 0 Å². The molecule has 5 heteroatoms. The minimum Gasteiger partial charge on any atom is -0.495 e. The van der Waals surface area contributed by atoms with E-state index in [2.05, 4.69) is 31.9 Å². The molecule has 0 unspecified atom stereocenters. The van der Waals surface area contributed by atoms with Crippen LogP contribution in [0.5, 0.6) is 5.75 Å². The van der Waals surface area contributed by atoms with Crippen LogP contribution in [0.25, 0.3) is 0 Å². The van der Waals surface area contributed by atoms with Crippen molar-refractivity contribution in [2.75, 3.05) is 12.4 Å². The summed E-state index contributed by atoms with van der Waals surface area (Å²) in [4.78, 5) is 11.4. The lowest BCUT2D eigenvalue weighted by Gasteiger charge is -2.07. The van der Waals surface area contributed by atoms with E-state index in [-0.39, 0.29) is 11.1 Å². The minimum atomic E-state index is -0.0265. The Balaban J connectivity index is 3.24. The number of Topliss-reactive ketones (excluding diaryl/α,β-unsaturated/α-hetero) is 1. The predicted octanol–water partition coefficient (Wildman–Crippen LogP) is 3.69. The van der Waals surface area contributed by atoms with Crippen LogP contribution >= 0.6 is 43.5 Å². The van der Waals surface area contributed by atoms with Crippen LogP contribution in [-0.4, -0.2) is 18.2 Å². The first-order valence-electron chi connectivity index (χ1n) is 3.73. The maximum Gasteiger partial charge on any atom is 0.174 e. The number of ketones is 1. The third-order valence-electron chi connectivity index (χ3n) is 1.69. The Kier molecular flexibility index (Phi) is 4.41. The van der Waals surface area contributed by atoms with E-state index in [1.165, 1.54) is 7.11 Å². The van der Waals surface area contributed by atoms with Gasteiger partial charge in [0.2, 0.25) is 0 Å². The Labute approximate surface area is 104 Å². The normalized spacial score (nSPS) is 10.0. The van der Waals surface area contributed by atoms with E-state index < -0.39 is 0 Å². The molecule has 0 amide bonds. The third-order valence-corrected chi connectivity index (χ3v) is 3.63. The molecule has 2 nitrogen and oxygen atoms in total. The standard InChI is InChI=1S/C9H7Br2ClO2/c1-14-7-3-2-5(6(13)4-10)8(11)9(7)12/h2-3H,4H2,1H3. The molecule has 0 saturated heterocycles. The van der Waals surface area contributed by atoms with Crippen LogP contribution in [0, 0.1) is 0 Å². The second kappa shape index (κ2) is 5.14. The van der Waals surface area contributed by atoms with Gasteiger partial charge in [-0.3, -0.25) is 4.79 Å². The number of hydrogen-bond acceptors (Lipinski definition) is 2. The average Bonchev–Trinajstić information content (AvgIpc) is 2.21. The Morgan fingerprint density at radius 3 is 2.71 bits per heavy atom. The van der Waals surface area contributed by atoms with Gasteiger partial charge >= 0.3 is 0 Å². The summed E-state index contributed by atoms with van der Waals surface area (Å²) >= 11 is 12.3. The molecular formula is C9H7Br2ClO2. The summed E-state index contributed by atoms with van der Waals surface area (Å²) in [6.07, 6.45) is 0. The fourth-order valence-electron chi connectivity index (χ4n) is 0.977. The molecule has 0 N–H and O–H groups in total. The Bertz CT molecular complexity index is 366. The van der Waals surface area contributed by atoms with Gasteiger partial charge < -0.3 is 4.74 Å². The number of benzene rings is 1. The molecule has 0 spiro atoms. The molecule has 1 aromatic carbocycles. The van der Waals surface area contributed by atoms with Crippen molar-refractivity contribution in [3.8, 4) is 5.75 Å². The zero-order valence-corrected chi connectivity index (χ0v) is 11.2. The van der Waals surface area contributed by atoms with Crippen molar-refractivity contribution in [2.45, 2.75) is 0 Å². The fraction of sp³-hybridized carbons (Fsp3) is 0.222. The van der Waals surface area contributed by atoms with Crippen LogP contribution in [-0.2, 0) is 0 Å². The Hall–Kier alpha value is -0.0600. The Morgan fingerprint density at radius 2 is 2.21 bits per heavy atom. The van der Waals surface area contributed by atoms with E-state index in [1.807, 2.05) is 0 Å². The highest BCUT2D eigenvalue weighted by atomic mass is 79.9. The molecule has 0 atom stereocenters.